The van der Waals surface area contributed by atoms with Gasteiger partial charge in [0.25, 0.3) is 10.0 Å². The Morgan fingerprint density at radius 2 is 1.55 bits per heavy atom. The molecule has 0 radical (unpaired) electrons. The Morgan fingerprint density at radius 3 is 2.14 bits per heavy atom. The number of carbonyl (C=O) groups excluding carboxylic acids is 2. The molecule has 4 rings (SSSR count). The number of sulfonamides is 1. The summed E-state index contributed by atoms with van der Waals surface area (Å²) < 4.78 is 29.5. The number of amides is 2. The monoisotopic (exact) mass is 617 g/mol. The van der Waals surface area contributed by atoms with E-state index in [0.29, 0.717) is 12.1 Å². The first-order valence-electron chi connectivity index (χ1n) is 15.8. The fourth-order valence-corrected chi connectivity index (χ4v) is 7.28. The first kappa shape index (κ1) is 33.2. The minimum absolute atomic E-state index is 0.0964. The normalized spacial score (nSPS) is 14.7. The molecule has 0 heterocycles. The average Bonchev–Trinajstić information content (AvgIpc) is 3.00. The maximum Gasteiger partial charge on any atom is 0.264 e. The molecule has 1 aliphatic rings. The molecule has 7 nitrogen and oxygen atoms in total. The molecule has 0 aromatic heterocycles. The summed E-state index contributed by atoms with van der Waals surface area (Å²) in [4.78, 5) is 29.7. The van der Waals surface area contributed by atoms with Crippen molar-refractivity contribution in [3.05, 3.63) is 95.1 Å². The van der Waals surface area contributed by atoms with Crippen LogP contribution in [0.1, 0.15) is 87.5 Å². The third-order valence-corrected chi connectivity index (χ3v) is 10.3. The molecule has 1 unspecified atom stereocenters. The highest BCUT2D eigenvalue weighted by Gasteiger charge is 2.34. The number of rotatable bonds is 12. The van der Waals surface area contributed by atoms with Gasteiger partial charge in [0.2, 0.25) is 11.8 Å². The molecule has 3 aromatic carbocycles. The zero-order valence-electron chi connectivity index (χ0n) is 26.8. The maximum atomic E-state index is 14.4. The first-order valence-corrected chi connectivity index (χ1v) is 17.3. The number of hydrogen-bond donors (Lipinski definition) is 1. The standard InChI is InChI=1S/C36H47N3O4S/c1-6-34(36(41)37-31-13-8-7-9-14-31)38(24-29-12-10-11-28(5)23-29)35(40)25-39(32-19-17-30(18-20-32)26(2)3)44(42,43)33-21-15-27(4)16-22-33/h10-12,15-23,26,31,34H,6-9,13-14,24-25H2,1-5H3,(H,37,41). The lowest BCUT2D eigenvalue weighted by Gasteiger charge is -2.34. The quantitative estimate of drug-likeness (QED) is 0.240. The molecular formula is C36H47N3O4S. The van der Waals surface area contributed by atoms with Gasteiger partial charge in [0.1, 0.15) is 12.6 Å². The van der Waals surface area contributed by atoms with E-state index in [2.05, 4.69) is 19.2 Å². The minimum Gasteiger partial charge on any atom is -0.352 e. The van der Waals surface area contributed by atoms with Gasteiger partial charge < -0.3 is 10.2 Å². The van der Waals surface area contributed by atoms with Gasteiger partial charge in [0.15, 0.2) is 0 Å². The van der Waals surface area contributed by atoms with E-state index in [4.69, 9.17) is 0 Å². The van der Waals surface area contributed by atoms with E-state index >= 15 is 0 Å². The maximum absolute atomic E-state index is 14.4. The Kier molecular flexibility index (Phi) is 11.2. The van der Waals surface area contributed by atoms with Crippen molar-refractivity contribution < 1.29 is 18.0 Å². The Morgan fingerprint density at radius 1 is 0.886 bits per heavy atom. The lowest BCUT2D eigenvalue weighted by atomic mass is 9.95. The predicted molar refractivity (Wildman–Crippen MR) is 177 cm³/mol. The van der Waals surface area contributed by atoms with Gasteiger partial charge in [0, 0.05) is 12.6 Å². The zero-order chi connectivity index (χ0) is 31.9. The summed E-state index contributed by atoms with van der Waals surface area (Å²) in [6.07, 6.45) is 5.60. The van der Waals surface area contributed by atoms with Gasteiger partial charge in [-0.1, -0.05) is 99.7 Å². The van der Waals surface area contributed by atoms with Crippen LogP contribution in [0.4, 0.5) is 5.69 Å². The lowest BCUT2D eigenvalue weighted by molar-refractivity contribution is -0.140. The van der Waals surface area contributed by atoms with Crippen molar-refractivity contribution in [3.8, 4) is 0 Å². The number of aryl methyl sites for hydroxylation is 2. The van der Waals surface area contributed by atoms with Gasteiger partial charge in [-0.2, -0.15) is 0 Å². The van der Waals surface area contributed by atoms with Crippen LogP contribution in [0, 0.1) is 13.8 Å². The molecule has 8 heteroatoms. The molecule has 0 spiro atoms. The average molecular weight is 618 g/mol. The van der Waals surface area contributed by atoms with Crippen molar-refractivity contribution in [1.29, 1.82) is 0 Å². The topological polar surface area (TPSA) is 86.8 Å². The second-order valence-corrected chi connectivity index (χ2v) is 14.2. The third-order valence-electron chi connectivity index (χ3n) is 8.51. The van der Waals surface area contributed by atoms with Crippen LogP contribution in [0.25, 0.3) is 0 Å². The van der Waals surface area contributed by atoms with Crippen LogP contribution >= 0.6 is 0 Å². The van der Waals surface area contributed by atoms with Crippen molar-refractivity contribution in [2.45, 2.75) is 103 Å². The van der Waals surface area contributed by atoms with Crippen LogP contribution in [-0.2, 0) is 26.2 Å². The van der Waals surface area contributed by atoms with Crippen LogP contribution < -0.4 is 9.62 Å². The van der Waals surface area contributed by atoms with Gasteiger partial charge in [0.05, 0.1) is 10.6 Å². The van der Waals surface area contributed by atoms with Crippen molar-refractivity contribution in [3.63, 3.8) is 0 Å². The molecule has 44 heavy (non-hydrogen) atoms. The summed E-state index contributed by atoms with van der Waals surface area (Å²) in [6, 6.07) is 21.2. The molecule has 236 valence electrons. The fraction of sp³-hybridized carbons (Fsp3) is 0.444. The molecule has 3 aromatic rings. The largest absolute Gasteiger partial charge is 0.352 e. The zero-order valence-corrected chi connectivity index (χ0v) is 27.6. The van der Waals surface area contributed by atoms with E-state index in [0.717, 1.165) is 47.9 Å². The van der Waals surface area contributed by atoms with Crippen molar-refractivity contribution >= 4 is 27.5 Å². The number of anilines is 1. The van der Waals surface area contributed by atoms with E-state index in [1.165, 1.54) is 10.7 Å². The Hall–Kier alpha value is -3.65. The van der Waals surface area contributed by atoms with E-state index in [1.54, 1.807) is 41.3 Å². The van der Waals surface area contributed by atoms with Crippen molar-refractivity contribution in [2.24, 2.45) is 0 Å². The first-order chi connectivity index (χ1) is 21.0. The molecule has 1 atom stereocenters. The Labute approximate surface area is 263 Å². The molecule has 1 fully saturated rings. The molecular weight excluding hydrogens is 570 g/mol. The van der Waals surface area contributed by atoms with Crippen LogP contribution in [-0.4, -0.2) is 43.8 Å². The van der Waals surface area contributed by atoms with Crippen LogP contribution in [0.2, 0.25) is 0 Å². The SMILES string of the molecule is CCC(C(=O)NC1CCCCC1)N(Cc1cccc(C)c1)C(=O)CN(c1ccc(C(C)C)cc1)S(=O)(=O)c1ccc(C)cc1. The van der Waals surface area contributed by atoms with E-state index in [1.807, 2.05) is 57.2 Å². The van der Waals surface area contributed by atoms with Crippen molar-refractivity contribution in [2.75, 3.05) is 10.8 Å². The number of nitrogens with zero attached hydrogens (tertiary/aromatic N) is 2. The number of carbonyl (C=O) groups is 2. The summed E-state index contributed by atoms with van der Waals surface area (Å²) in [6.45, 7) is 9.69. The highest BCUT2D eigenvalue weighted by molar-refractivity contribution is 7.92. The molecule has 2 amide bonds. The molecule has 0 bridgehead atoms. The lowest BCUT2D eigenvalue weighted by Crippen LogP contribution is -2.54. The van der Waals surface area contributed by atoms with Gasteiger partial charge in [-0.3, -0.25) is 13.9 Å². The van der Waals surface area contributed by atoms with Crippen LogP contribution in [0.5, 0.6) is 0 Å². The molecule has 0 aliphatic heterocycles. The predicted octanol–water partition coefficient (Wildman–Crippen LogP) is 6.88. The third kappa shape index (κ3) is 8.29. The van der Waals surface area contributed by atoms with Crippen LogP contribution in [0.15, 0.2) is 77.7 Å². The summed E-state index contributed by atoms with van der Waals surface area (Å²) in [5.74, 6) is -0.346. The van der Waals surface area contributed by atoms with Gasteiger partial charge in [-0.25, -0.2) is 8.42 Å². The second-order valence-electron chi connectivity index (χ2n) is 12.3. The van der Waals surface area contributed by atoms with Gasteiger partial charge in [-0.15, -0.1) is 0 Å². The summed E-state index contributed by atoms with van der Waals surface area (Å²) in [5.41, 5.74) is 4.34. The fourth-order valence-electron chi connectivity index (χ4n) is 5.86. The van der Waals surface area contributed by atoms with Crippen LogP contribution in [0.3, 0.4) is 0 Å². The second kappa shape index (κ2) is 14.9. The minimum atomic E-state index is -4.10. The Bertz CT molecular complexity index is 1510. The molecule has 0 saturated heterocycles. The summed E-state index contributed by atoms with van der Waals surface area (Å²) in [7, 11) is -4.10. The van der Waals surface area contributed by atoms with E-state index in [9.17, 15) is 18.0 Å². The molecule has 1 N–H and O–H groups in total. The highest BCUT2D eigenvalue weighted by atomic mass is 32.2. The molecule has 1 saturated carbocycles. The van der Waals surface area contributed by atoms with Gasteiger partial charge in [-0.05, 0) is 74.4 Å². The molecule has 1 aliphatic carbocycles. The number of benzene rings is 3. The summed E-state index contributed by atoms with van der Waals surface area (Å²) >= 11 is 0. The van der Waals surface area contributed by atoms with Gasteiger partial charge >= 0.3 is 0 Å². The smallest absolute Gasteiger partial charge is 0.264 e. The van der Waals surface area contributed by atoms with E-state index in [-0.39, 0.29) is 29.3 Å². The highest BCUT2D eigenvalue weighted by Crippen LogP contribution is 2.27. The number of nitrogens with one attached hydrogen (secondary N) is 1. The summed E-state index contributed by atoms with van der Waals surface area (Å²) in [5, 5.41) is 3.20. The number of hydrogen-bond acceptors (Lipinski definition) is 4. The Balaban J connectivity index is 1.72. The van der Waals surface area contributed by atoms with Crippen molar-refractivity contribution in [1.82, 2.24) is 10.2 Å². The van der Waals surface area contributed by atoms with E-state index < -0.39 is 28.5 Å².